The van der Waals surface area contributed by atoms with E-state index >= 15 is 0 Å². The number of amides is 3. The molecular formula is C23H19N3O2. The Kier molecular flexibility index (Phi) is 3.86. The van der Waals surface area contributed by atoms with Crippen molar-refractivity contribution in [2.24, 2.45) is 0 Å². The van der Waals surface area contributed by atoms with Crippen LogP contribution < -0.4 is 15.5 Å². The molecule has 0 spiro atoms. The Morgan fingerprint density at radius 2 is 1.71 bits per heavy atom. The molecule has 0 unspecified atom stereocenters. The standard InChI is InChI=1S/C23H19N3O2/c27-22(15-5-8-19(9-6-15)26-12-11-24-23(26)28)25-18-7-10-21-17(14-18)13-16-3-1-2-4-20(16)21/h1-10,14H,11-13H2,(H,24,28)(H,25,27). The monoisotopic (exact) mass is 369 g/mol. The number of fused-ring (bicyclic) bond motifs is 3. The molecule has 28 heavy (non-hydrogen) atoms. The van der Waals surface area contributed by atoms with Crippen molar-refractivity contribution < 1.29 is 9.59 Å². The maximum absolute atomic E-state index is 12.6. The summed E-state index contributed by atoms with van der Waals surface area (Å²) in [6, 6.07) is 21.5. The molecule has 0 aromatic heterocycles. The lowest BCUT2D eigenvalue weighted by molar-refractivity contribution is 0.102. The van der Waals surface area contributed by atoms with E-state index in [1.807, 2.05) is 6.07 Å². The Bertz CT molecular complexity index is 1090. The molecule has 2 N–H and O–H groups in total. The molecule has 3 aromatic rings. The Balaban J connectivity index is 1.32. The molecule has 1 heterocycles. The van der Waals surface area contributed by atoms with Crippen LogP contribution in [-0.4, -0.2) is 25.0 Å². The van der Waals surface area contributed by atoms with Gasteiger partial charge in [-0.05, 0) is 65.1 Å². The Morgan fingerprint density at radius 3 is 2.50 bits per heavy atom. The molecule has 0 bridgehead atoms. The fourth-order valence-electron chi connectivity index (χ4n) is 3.94. The van der Waals surface area contributed by atoms with Crippen LogP contribution in [0, 0.1) is 0 Å². The maximum atomic E-state index is 12.6. The lowest BCUT2D eigenvalue weighted by Gasteiger charge is -2.14. The van der Waals surface area contributed by atoms with E-state index in [4.69, 9.17) is 0 Å². The van der Waals surface area contributed by atoms with Crippen LogP contribution in [0.4, 0.5) is 16.2 Å². The van der Waals surface area contributed by atoms with Gasteiger partial charge in [0.2, 0.25) is 0 Å². The number of carbonyl (C=O) groups excluding carboxylic acids is 2. The van der Waals surface area contributed by atoms with E-state index in [-0.39, 0.29) is 11.9 Å². The van der Waals surface area contributed by atoms with Crippen molar-refractivity contribution in [3.8, 4) is 11.1 Å². The summed E-state index contributed by atoms with van der Waals surface area (Å²) < 4.78 is 0. The summed E-state index contributed by atoms with van der Waals surface area (Å²) in [5.74, 6) is -0.159. The number of hydrogen-bond donors (Lipinski definition) is 2. The molecule has 0 radical (unpaired) electrons. The highest BCUT2D eigenvalue weighted by atomic mass is 16.2. The van der Waals surface area contributed by atoms with Crippen molar-refractivity contribution in [3.63, 3.8) is 0 Å². The number of carbonyl (C=O) groups is 2. The minimum Gasteiger partial charge on any atom is -0.336 e. The van der Waals surface area contributed by atoms with Crippen molar-refractivity contribution >= 4 is 23.3 Å². The third-order valence-electron chi connectivity index (χ3n) is 5.35. The molecule has 1 fully saturated rings. The molecule has 5 heteroatoms. The molecular weight excluding hydrogens is 350 g/mol. The summed E-state index contributed by atoms with van der Waals surface area (Å²) in [7, 11) is 0. The highest BCUT2D eigenvalue weighted by Gasteiger charge is 2.21. The quantitative estimate of drug-likeness (QED) is 0.573. The van der Waals surface area contributed by atoms with E-state index in [2.05, 4.69) is 47.0 Å². The first-order chi connectivity index (χ1) is 13.7. The van der Waals surface area contributed by atoms with E-state index < -0.39 is 0 Å². The molecule has 0 atom stereocenters. The summed E-state index contributed by atoms with van der Waals surface area (Å²) in [6.07, 6.45) is 0.891. The molecule has 0 saturated carbocycles. The van der Waals surface area contributed by atoms with Gasteiger partial charge in [0.1, 0.15) is 0 Å². The second kappa shape index (κ2) is 6.53. The van der Waals surface area contributed by atoms with Gasteiger partial charge in [0.05, 0.1) is 0 Å². The normalized spacial score (nSPS) is 14.4. The van der Waals surface area contributed by atoms with Crippen LogP contribution in [0.25, 0.3) is 11.1 Å². The molecule has 3 aromatic carbocycles. The van der Waals surface area contributed by atoms with Crippen LogP contribution in [0.15, 0.2) is 66.7 Å². The maximum Gasteiger partial charge on any atom is 0.321 e. The Labute approximate surface area is 163 Å². The van der Waals surface area contributed by atoms with Gasteiger partial charge in [-0.3, -0.25) is 9.69 Å². The molecule has 1 aliphatic carbocycles. The van der Waals surface area contributed by atoms with Crippen molar-refractivity contribution in [2.75, 3.05) is 23.3 Å². The fourth-order valence-corrected chi connectivity index (χ4v) is 3.94. The van der Waals surface area contributed by atoms with E-state index in [0.717, 1.165) is 17.8 Å². The first-order valence-corrected chi connectivity index (χ1v) is 9.37. The number of rotatable bonds is 3. The highest BCUT2D eigenvalue weighted by molar-refractivity contribution is 6.05. The van der Waals surface area contributed by atoms with Crippen LogP contribution >= 0.6 is 0 Å². The van der Waals surface area contributed by atoms with Crippen molar-refractivity contribution in [1.82, 2.24) is 5.32 Å². The molecule has 138 valence electrons. The zero-order valence-electron chi connectivity index (χ0n) is 15.2. The van der Waals surface area contributed by atoms with Gasteiger partial charge in [0.25, 0.3) is 5.91 Å². The average Bonchev–Trinajstić information content (AvgIpc) is 3.31. The van der Waals surface area contributed by atoms with Crippen molar-refractivity contribution in [2.45, 2.75) is 6.42 Å². The fraction of sp³-hybridized carbons (Fsp3) is 0.130. The van der Waals surface area contributed by atoms with Crippen LogP contribution in [0.5, 0.6) is 0 Å². The summed E-state index contributed by atoms with van der Waals surface area (Å²) in [5, 5.41) is 5.75. The van der Waals surface area contributed by atoms with Gasteiger partial charge in [0.15, 0.2) is 0 Å². The molecule has 5 rings (SSSR count). The van der Waals surface area contributed by atoms with Crippen molar-refractivity contribution in [3.05, 3.63) is 83.4 Å². The molecule has 1 aliphatic heterocycles. The van der Waals surface area contributed by atoms with Gasteiger partial charge in [-0.15, -0.1) is 0 Å². The van der Waals surface area contributed by atoms with Crippen molar-refractivity contribution in [1.29, 1.82) is 0 Å². The predicted octanol–water partition coefficient (Wildman–Crippen LogP) is 4.04. The summed E-state index contributed by atoms with van der Waals surface area (Å²) >= 11 is 0. The Hall–Kier alpha value is -3.60. The second-order valence-corrected chi connectivity index (χ2v) is 7.09. The van der Waals surface area contributed by atoms with Gasteiger partial charge in [-0.25, -0.2) is 4.79 Å². The van der Waals surface area contributed by atoms with Gasteiger partial charge in [-0.1, -0.05) is 30.3 Å². The van der Waals surface area contributed by atoms with E-state index in [1.165, 1.54) is 22.3 Å². The Morgan fingerprint density at radius 1 is 0.929 bits per heavy atom. The number of nitrogens with zero attached hydrogens (tertiary/aromatic N) is 1. The van der Waals surface area contributed by atoms with Crippen LogP contribution in [-0.2, 0) is 6.42 Å². The smallest absolute Gasteiger partial charge is 0.321 e. The number of anilines is 2. The first-order valence-electron chi connectivity index (χ1n) is 9.37. The largest absolute Gasteiger partial charge is 0.336 e. The minimum absolute atomic E-state index is 0.101. The number of benzene rings is 3. The lowest BCUT2D eigenvalue weighted by Crippen LogP contribution is -2.27. The zero-order valence-corrected chi connectivity index (χ0v) is 15.2. The molecule has 2 aliphatic rings. The zero-order chi connectivity index (χ0) is 19.1. The topological polar surface area (TPSA) is 61.4 Å². The van der Waals surface area contributed by atoms with Gasteiger partial charge < -0.3 is 10.6 Å². The summed E-state index contributed by atoms with van der Waals surface area (Å²) in [6.45, 7) is 1.28. The third-order valence-corrected chi connectivity index (χ3v) is 5.35. The number of urea groups is 1. The molecule has 5 nitrogen and oxygen atoms in total. The minimum atomic E-state index is -0.159. The van der Waals surface area contributed by atoms with E-state index in [1.54, 1.807) is 29.2 Å². The second-order valence-electron chi connectivity index (χ2n) is 7.09. The third kappa shape index (κ3) is 2.81. The van der Waals surface area contributed by atoms with Crippen LogP contribution in [0.1, 0.15) is 21.5 Å². The number of hydrogen-bond acceptors (Lipinski definition) is 2. The average molecular weight is 369 g/mol. The van der Waals surface area contributed by atoms with Crippen LogP contribution in [0.3, 0.4) is 0 Å². The van der Waals surface area contributed by atoms with Gasteiger partial charge in [0, 0.05) is 30.0 Å². The predicted molar refractivity (Wildman–Crippen MR) is 110 cm³/mol. The lowest BCUT2D eigenvalue weighted by atomic mass is 10.1. The van der Waals surface area contributed by atoms with Gasteiger partial charge >= 0.3 is 6.03 Å². The number of nitrogens with one attached hydrogen (secondary N) is 2. The summed E-state index contributed by atoms with van der Waals surface area (Å²) in [4.78, 5) is 26.0. The highest BCUT2D eigenvalue weighted by Crippen LogP contribution is 2.37. The SMILES string of the molecule is O=C(Nc1ccc2c(c1)Cc1ccccc1-2)c1ccc(N2CCNC2=O)cc1. The van der Waals surface area contributed by atoms with Gasteiger partial charge in [-0.2, -0.15) is 0 Å². The van der Waals surface area contributed by atoms with E-state index in [0.29, 0.717) is 18.7 Å². The van der Waals surface area contributed by atoms with E-state index in [9.17, 15) is 9.59 Å². The van der Waals surface area contributed by atoms with Crippen LogP contribution in [0.2, 0.25) is 0 Å². The molecule has 1 saturated heterocycles. The summed E-state index contributed by atoms with van der Waals surface area (Å²) in [5.41, 5.74) is 7.21. The first kappa shape index (κ1) is 16.6. The molecule has 3 amide bonds.